The number of nitrogens with zero attached hydrogens (tertiary/aromatic N) is 4. The minimum absolute atomic E-state index is 0.484. The molecule has 0 saturated carbocycles. The van der Waals surface area contributed by atoms with E-state index >= 15 is 0 Å². The Kier molecular flexibility index (Phi) is 5.66. The highest BCUT2D eigenvalue weighted by Crippen LogP contribution is 2.17. The fourth-order valence-electron chi connectivity index (χ4n) is 2.18. The molecule has 5 nitrogen and oxygen atoms in total. The van der Waals surface area contributed by atoms with E-state index in [9.17, 15) is 0 Å². The molecule has 0 spiro atoms. The molecular formula is C13H25N5S. The van der Waals surface area contributed by atoms with Crippen LogP contribution < -0.4 is 5.32 Å². The molecule has 2 heterocycles. The van der Waals surface area contributed by atoms with Crippen LogP contribution in [0.15, 0.2) is 6.20 Å². The first kappa shape index (κ1) is 14.8. The summed E-state index contributed by atoms with van der Waals surface area (Å²) >= 11 is 2.07. The van der Waals surface area contributed by atoms with Crippen LogP contribution in [0.1, 0.15) is 26.5 Å². The molecule has 0 radical (unpaired) electrons. The highest BCUT2D eigenvalue weighted by molar-refractivity contribution is 7.99. The lowest BCUT2D eigenvalue weighted by Crippen LogP contribution is -2.38. The summed E-state index contributed by atoms with van der Waals surface area (Å²) in [6.45, 7) is 11.8. The minimum atomic E-state index is 0.484. The largest absolute Gasteiger partial charge is 0.309 e. The Hall–Kier alpha value is -0.590. The first-order valence-corrected chi connectivity index (χ1v) is 8.14. The maximum absolute atomic E-state index is 4.19. The van der Waals surface area contributed by atoms with Crippen LogP contribution in [0.25, 0.3) is 0 Å². The normalized spacial score (nSPS) is 21.2. The topological polar surface area (TPSA) is 46.0 Å². The van der Waals surface area contributed by atoms with Crippen LogP contribution in [-0.4, -0.2) is 56.6 Å². The van der Waals surface area contributed by atoms with Crippen molar-refractivity contribution >= 4 is 11.8 Å². The number of hydrogen-bond donors (Lipinski definition) is 1. The third-order valence-corrected chi connectivity index (χ3v) is 4.38. The summed E-state index contributed by atoms with van der Waals surface area (Å²) in [6, 6.07) is 0.484. The number of aromatic nitrogens is 3. The van der Waals surface area contributed by atoms with Crippen molar-refractivity contribution in [3.05, 3.63) is 11.9 Å². The van der Waals surface area contributed by atoms with Gasteiger partial charge in [0, 0.05) is 49.4 Å². The third kappa shape index (κ3) is 5.12. The molecule has 0 aromatic carbocycles. The second-order valence-corrected chi connectivity index (χ2v) is 7.04. The van der Waals surface area contributed by atoms with Crippen LogP contribution in [-0.2, 0) is 13.1 Å². The average Bonchev–Trinajstić information content (AvgIpc) is 2.82. The molecular weight excluding hydrogens is 258 g/mol. The Morgan fingerprint density at radius 3 is 3.05 bits per heavy atom. The van der Waals surface area contributed by atoms with E-state index in [1.807, 2.05) is 4.68 Å². The monoisotopic (exact) mass is 283 g/mol. The van der Waals surface area contributed by atoms with E-state index in [-0.39, 0.29) is 0 Å². The van der Waals surface area contributed by atoms with Crippen molar-refractivity contribution in [2.24, 2.45) is 0 Å². The summed E-state index contributed by atoms with van der Waals surface area (Å²) in [6.07, 6.45) is 2.05. The summed E-state index contributed by atoms with van der Waals surface area (Å²) in [5.41, 5.74) is 1.02. The number of hydrogen-bond acceptors (Lipinski definition) is 5. The Labute approximate surface area is 120 Å². The van der Waals surface area contributed by atoms with Gasteiger partial charge in [0.15, 0.2) is 0 Å². The molecule has 1 atom stereocenters. The first-order valence-electron chi connectivity index (χ1n) is 7.10. The van der Waals surface area contributed by atoms with Gasteiger partial charge in [-0.2, -0.15) is 11.8 Å². The number of rotatable bonds is 6. The molecule has 19 heavy (non-hydrogen) atoms. The summed E-state index contributed by atoms with van der Waals surface area (Å²) in [5.74, 6) is 1.25. The summed E-state index contributed by atoms with van der Waals surface area (Å²) < 4.78 is 1.96. The van der Waals surface area contributed by atoms with E-state index in [2.05, 4.69) is 59.3 Å². The van der Waals surface area contributed by atoms with Gasteiger partial charge in [0.25, 0.3) is 0 Å². The van der Waals surface area contributed by atoms with Crippen molar-refractivity contribution < 1.29 is 0 Å². The van der Waals surface area contributed by atoms with Gasteiger partial charge in [-0.25, -0.2) is 0 Å². The Balaban J connectivity index is 1.73. The smallest absolute Gasteiger partial charge is 0.0964 e. The number of thioether (sulfide) groups is 1. The molecule has 1 fully saturated rings. The van der Waals surface area contributed by atoms with Gasteiger partial charge in [-0.15, -0.1) is 5.10 Å². The van der Waals surface area contributed by atoms with Gasteiger partial charge in [0.1, 0.15) is 0 Å². The lowest BCUT2D eigenvalue weighted by Gasteiger charge is -2.30. The standard InChI is InChI=1S/C13H25N5S/c1-11(2)14-8-13-10-18(16-15-13)5-4-17-6-7-19-12(3)9-17/h10-12,14H,4-9H2,1-3H3. The van der Waals surface area contributed by atoms with E-state index in [0.717, 1.165) is 30.6 Å². The van der Waals surface area contributed by atoms with Crippen LogP contribution in [0.3, 0.4) is 0 Å². The Bertz CT molecular complexity index is 379. The van der Waals surface area contributed by atoms with Crippen LogP contribution >= 0.6 is 11.8 Å². The molecule has 1 aliphatic heterocycles. The zero-order chi connectivity index (χ0) is 13.7. The van der Waals surface area contributed by atoms with Gasteiger partial charge >= 0.3 is 0 Å². The lowest BCUT2D eigenvalue weighted by molar-refractivity contribution is 0.269. The van der Waals surface area contributed by atoms with Gasteiger partial charge in [0.2, 0.25) is 0 Å². The average molecular weight is 283 g/mol. The zero-order valence-corrected chi connectivity index (χ0v) is 13.0. The van der Waals surface area contributed by atoms with Gasteiger partial charge in [-0.3, -0.25) is 9.58 Å². The molecule has 0 bridgehead atoms. The molecule has 1 aromatic heterocycles. The van der Waals surface area contributed by atoms with Crippen molar-refractivity contribution in [2.75, 3.05) is 25.4 Å². The van der Waals surface area contributed by atoms with Crippen LogP contribution in [0.4, 0.5) is 0 Å². The van der Waals surface area contributed by atoms with Crippen molar-refractivity contribution in [2.45, 2.75) is 45.2 Å². The first-order chi connectivity index (χ1) is 9.13. The molecule has 108 valence electrons. The highest BCUT2D eigenvalue weighted by Gasteiger charge is 2.16. The molecule has 1 unspecified atom stereocenters. The maximum Gasteiger partial charge on any atom is 0.0964 e. The third-order valence-electron chi connectivity index (χ3n) is 3.25. The van der Waals surface area contributed by atoms with Gasteiger partial charge in [-0.05, 0) is 0 Å². The van der Waals surface area contributed by atoms with Crippen molar-refractivity contribution in [3.63, 3.8) is 0 Å². The second-order valence-electron chi connectivity index (χ2n) is 5.49. The van der Waals surface area contributed by atoms with Crippen molar-refractivity contribution in [1.82, 2.24) is 25.2 Å². The predicted molar refractivity (Wildman–Crippen MR) is 80.4 cm³/mol. The molecule has 6 heteroatoms. The molecule has 0 aliphatic carbocycles. The van der Waals surface area contributed by atoms with E-state index < -0.39 is 0 Å². The van der Waals surface area contributed by atoms with E-state index in [0.29, 0.717) is 6.04 Å². The molecule has 1 aliphatic rings. The summed E-state index contributed by atoms with van der Waals surface area (Å²) in [5, 5.41) is 12.5. The predicted octanol–water partition coefficient (Wildman–Crippen LogP) is 1.21. The molecule has 0 amide bonds. The van der Waals surface area contributed by atoms with Gasteiger partial charge in [-0.1, -0.05) is 26.0 Å². The summed E-state index contributed by atoms with van der Waals surface area (Å²) in [4.78, 5) is 2.52. The van der Waals surface area contributed by atoms with Crippen LogP contribution in [0, 0.1) is 0 Å². The van der Waals surface area contributed by atoms with Gasteiger partial charge in [0.05, 0.1) is 12.2 Å². The molecule has 2 rings (SSSR count). The van der Waals surface area contributed by atoms with E-state index in [4.69, 9.17) is 0 Å². The quantitative estimate of drug-likeness (QED) is 0.850. The van der Waals surface area contributed by atoms with Gasteiger partial charge < -0.3 is 5.32 Å². The minimum Gasteiger partial charge on any atom is -0.309 e. The Morgan fingerprint density at radius 1 is 1.47 bits per heavy atom. The maximum atomic E-state index is 4.19. The van der Waals surface area contributed by atoms with Crippen LogP contribution in [0.5, 0.6) is 0 Å². The fourth-order valence-corrected chi connectivity index (χ4v) is 3.26. The fraction of sp³-hybridized carbons (Fsp3) is 0.846. The molecule has 1 N–H and O–H groups in total. The molecule has 1 saturated heterocycles. The van der Waals surface area contributed by atoms with Crippen molar-refractivity contribution in [3.8, 4) is 0 Å². The van der Waals surface area contributed by atoms with E-state index in [1.54, 1.807) is 0 Å². The number of nitrogens with one attached hydrogen (secondary N) is 1. The van der Waals surface area contributed by atoms with Crippen LogP contribution in [0.2, 0.25) is 0 Å². The zero-order valence-electron chi connectivity index (χ0n) is 12.2. The Morgan fingerprint density at radius 2 is 2.32 bits per heavy atom. The highest BCUT2D eigenvalue weighted by atomic mass is 32.2. The summed E-state index contributed by atoms with van der Waals surface area (Å²) in [7, 11) is 0. The van der Waals surface area contributed by atoms with Crippen molar-refractivity contribution in [1.29, 1.82) is 0 Å². The SMILES string of the molecule is CC(C)NCc1cn(CCN2CCSC(C)C2)nn1. The molecule has 1 aromatic rings. The second kappa shape index (κ2) is 7.26. The lowest BCUT2D eigenvalue weighted by atomic mass is 10.3. The van der Waals surface area contributed by atoms with E-state index in [1.165, 1.54) is 18.8 Å².